The molecule has 0 unspecified atom stereocenters. The number of hydrogen-bond acceptors (Lipinski definition) is 2. The Hall–Kier alpha value is -1.94. The van der Waals surface area contributed by atoms with Gasteiger partial charge in [0, 0.05) is 9.79 Å². The summed E-state index contributed by atoms with van der Waals surface area (Å²) in [5.41, 5.74) is 0. The van der Waals surface area contributed by atoms with Gasteiger partial charge in [0.15, 0.2) is 0 Å². The van der Waals surface area contributed by atoms with Crippen LogP contribution in [0.3, 0.4) is 0 Å². The van der Waals surface area contributed by atoms with E-state index in [0.717, 1.165) is 0 Å². The Balaban J connectivity index is 0.00000156. The third kappa shape index (κ3) is 3.22. The normalized spacial score (nSPS) is 10.6. The second-order valence-corrected chi connectivity index (χ2v) is 7.33. The van der Waals surface area contributed by atoms with Gasteiger partial charge >= 0.3 is 0 Å². The Morgan fingerprint density at radius 2 is 0.826 bits per heavy atom. The smallest absolute Gasteiger partial charge is 0.0264 e. The summed E-state index contributed by atoms with van der Waals surface area (Å²) in [5, 5.41) is 5.24. The minimum atomic E-state index is 0. The van der Waals surface area contributed by atoms with E-state index >= 15 is 0 Å². The van der Waals surface area contributed by atoms with Crippen LogP contribution in [-0.4, -0.2) is 5.48 Å². The van der Waals surface area contributed by atoms with Crippen LogP contribution in [0.1, 0.15) is 0 Å². The molecule has 0 aliphatic rings. The van der Waals surface area contributed by atoms with Gasteiger partial charge in [0.05, 0.1) is 0 Å². The van der Waals surface area contributed by atoms with Gasteiger partial charge < -0.3 is 5.48 Å². The first-order valence-electron chi connectivity index (χ1n) is 7.22. The van der Waals surface area contributed by atoms with E-state index in [1.807, 2.05) is 21.6 Å². The van der Waals surface area contributed by atoms with E-state index in [4.69, 9.17) is 0 Å². The summed E-state index contributed by atoms with van der Waals surface area (Å²) in [6, 6.07) is 30.1. The summed E-state index contributed by atoms with van der Waals surface area (Å²) in [7, 11) is 3.67. The highest BCUT2D eigenvalue weighted by atomic mass is 33.1. The van der Waals surface area contributed by atoms with Gasteiger partial charge in [0.2, 0.25) is 0 Å². The molecule has 0 atom stereocenters. The molecule has 0 bridgehead atoms. The van der Waals surface area contributed by atoms with E-state index in [9.17, 15) is 0 Å². The second-order valence-electron chi connectivity index (χ2n) is 5.12. The fourth-order valence-corrected chi connectivity index (χ4v) is 5.04. The first-order valence-corrected chi connectivity index (χ1v) is 9.37. The van der Waals surface area contributed by atoms with Crippen molar-refractivity contribution in [1.82, 2.24) is 0 Å². The van der Waals surface area contributed by atoms with E-state index in [2.05, 4.69) is 84.9 Å². The van der Waals surface area contributed by atoms with Crippen LogP contribution in [0.15, 0.2) is 94.7 Å². The third-order valence-corrected chi connectivity index (χ3v) is 6.20. The van der Waals surface area contributed by atoms with Crippen LogP contribution >= 0.6 is 21.6 Å². The lowest BCUT2D eigenvalue weighted by atomic mass is 10.1. The molecule has 0 spiro atoms. The van der Waals surface area contributed by atoms with Crippen LogP contribution in [0.25, 0.3) is 21.5 Å². The molecule has 0 saturated carbocycles. The zero-order valence-corrected chi connectivity index (χ0v) is 14.0. The Morgan fingerprint density at radius 1 is 0.435 bits per heavy atom. The summed E-state index contributed by atoms with van der Waals surface area (Å²) >= 11 is 0. The molecule has 4 rings (SSSR count). The van der Waals surface area contributed by atoms with E-state index in [1.165, 1.54) is 31.3 Å². The van der Waals surface area contributed by atoms with Crippen molar-refractivity contribution in [2.45, 2.75) is 9.79 Å². The molecule has 1 nitrogen and oxygen atoms in total. The first kappa shape index (κ1) is 15.9. The second kappa shape index (κ2) is 7.09. The van der Waals surface area contributed by atoms with Crippen LogP contribution in [0.2, 0.25) is 0 Å². The fourth-order valence-electron chi connectivity index (χ4n) is 2.63. The number of benzene rings is 4. The number of fused-ring (bicyclic) bond motifs is 2. The van der Waals surface area contributed by atoms with Crippen molar-refractivity contribution in [3.63, 3.8) is 0 Å². The quantitative estimate of drug-likeness (QED) is 0.432. The maximum Gasteiger partial charge on any atom is 0.0264 e. The maximum atomic E-state index is 2.20. The lowest BCUT2D eigenvalue weighted by Crippen LogP contribution is -1.77. The SMILES string of the molecule is O.c1ccc2c(SSc3cccc4ccccc34)cccc2c1. The van der Waals surface area contributed by atoms with Crippen molar-refractivity contribution in [1.29, 1.82) is 0 Å². The molecule has 3 heteroatoms. The van der Waals surface area contributed by atoms with Gasteiger partial charge in [-0.05, 0) is 33.7 Å². The third-order valence-electron chi connectivity index (χ3n) is 3.72. The van der Waals surface area contributed by atoms with Crippen molar-refractivity contribution < 1.29 is 5.48 Å². The molecule has 4 aromatic rings. The molecule has 0 fully saturated rings. The zero-order chi connectivity index (χ0) is 14.8. The first-order chi connectivity index (χ1) is 10.9. The molecule has 2 N–H and O–H groups in total. The van der Waals surface area contributed by atoms with Crippen molar-refractivity contribution in [2.24, 2.45) is 0 Å². The predicted octanol–water partition coefficient (Wildman–Crippen LogP) is 5.97. The van der Waals surface area contributed by atoms with Gasteiger partial charge in [0.1, 0.15) is 0 Å². The van der Waals surface area contributed by atoms with Crippen molar-refractivity contribution in [3.8, 4) is 0 Å². The van der Waals surface area contributed by atoms with Crippen molar-refractivity contribution in [2.75, 3.05) is 0 Å². The predicted molar refractivity (Wildman–Crippen MR) is 103 cm³/mol. The van der Waals surface area contributed by atoms with E-state index in [-0.39, 0.29) is 5.48 Å². The molecule has 0 radical (unpaired) electrons. The highest BCUT2D eigenvalue weighted by molar-refractivity contribution is 8.76. The lowest BCUT2D eigenvalue weighted by molar-refractivity contribution is 0.824. The largest absolute Gasteiger partial charge is 0.412 e. The molecular formula is C20H16OS2. The standard InChI is InChI=1S/C20H14S2.H2O/c1-3-11-17-15(7-1)9-5-13-19(17)21-22-20-14-6-10-16-8-2-4-12-18(16)20;/h1-14H;1H2. The Labute approximate surface area is 143 Å². The molecule has 0 aliphatic carbocycles. The van der Waals surface area contributed by atoms with Crippen LogP contribution in [0.4, 0.5) is 0 Å². The molecule has 0 aromatic heterocycles. The van der Waals surface area contributed by atoms with Crippen LogP contribution < -0.4 is 0 Å². The minimum absolute atomic E-state index is 0. The Bertz CT molecular complexity index is 860. The van der Waals surface area contributed by atoms with Gasteiger partial charge in [0.25, 0.3) is 0 Å². The molecule has 114 valence electrons. The number of rotatable bonds is 3. The van der Waals surface area contributed by atoms with Crippen LogP contribution in [-0.2, 0) is 0 Å². The van der Waals surface area contributed by atoms with E-state index in [0.29, 0.717) is 0 Å². The summed E-state index contributed by atoms with van der Waals surface area (Å²) in [5.74, 6) is 0. The minimum Gasteiger partial charge on any atom is -0.412 e. The van der Waals surface area contributed by atoms with Gasteiger partial charge in [-0.2, -0.15) is 0 Å². The lowest BCUT2D eigenvalue weighted by Gasteiger charge is -2.08. The highest BCUT2D eigenvalue weighted by Crippen LogP contribution is 2.42. The van der Waals surface area contributed by atoms with Crippen molar-refractivity contribution >= 4 is 43.1 Å². The topological polar surface area (TPSA) is 31.5 Å². The zero-order valence-electron chi connectivity index (χ0n) is 12.4. The Morgan fingerprint density at radius 3 is 1.30 bits per heavy atom. The van der Waals surface area contributed by atoms with Crippen LogP contribution in [0.5, 0.6) is 0 Å². The van der Waals surface area contributed by atoms with Gasteiger partial charge in [-0.3, -0.25) is 0 Å². The molecule has 0 aliphatic heterocycles. The fraction of sp³-hybridized carbons (Fsp3) is 0. The molecule has 4 aromatic carbocycles. The number of hydrogen-bond donors (Lipinski definition) is 0. The van der Waals surface area contributed by atoms with E-state index < -0.39 is 0 Å². The molecule has 0 saturated heterocycles. The van der Waals surface area contributed by atoms with E-state index in [1.54, 1.807) is 0 Å². The van der Waals surface area contributed by atoms with Gasteiger partial charge in [-0.1, -0.05) is 94.4 Å². The highest BCUT2D eigenvalue weighted by Gasteiger charge is 2.05. The van der Waals surface area contributed by atoms with Crippen molar-refractivity contribution in [3.05, 3.63) is 84.9 Å². The molecule has 23 heavy (non-hydrogen) atoms. The Kier molecular flexibility index (Phi) is 4.91. The average molecular weight is 336 g/mol. The molecule has 0 heterocycles. The summed E-state index contributed by atoms with van der Waals surface area (Å²) in [6.07, 6.45) is 0. The summed E-state index contributed by atoms with van der Waals surface area (Å²) in [4.78, 5) is 2.63. The monoisotopic (exact) mass is 336 g/mol. The molecule has 0 amide bonds. The van der Waals surface area contributed by atoms with Gasteiger partial charge in [-0.25, -0.2) is 0 Å². The average Bonchev–Trinajstić information content (AvgIpc) is 2.60. The van der Waals surface area contributed by atoms with Crippen LogP contribution in [0, 0.1) is 0 Å². The summed E-state index contributed by atoms with van der Waals surface area (Å²) < 4.78 is 0. The molecular weight excluding hydrogens is 320 g/mol. The van der Waals surface area contributed by atoms with Gasteiger partial charge in [-0.15, -0.1) is 0 Å². The maximum absolute atomic E-state index is 2.20. The summed E-state index contributed by atoms with van der Waals surface area (Å²) in [6.45, 7) is 0.